The van der Waals surface area contributed by atoms with Crippen LogP contribution in [0.5, 0.6) is 0 Å². The molecule has 3 aromatic carbocycles. The average molecular weight is 483 g/mol. The largest absolute Gasteiger partial charge is 0.350 e. The second kappa shape index (κ2) is 9.57. The van der Waals surface area contributed by atoms with E-state index in [1.54, 1.807) is 23.9 Å². The first-order chi connectivity index (χ1) is 17.1. The van der Waals surface area contributed by atoms with Crippen molar-refractivity contribution in [1.82, 2.24) is 15.1 Å². The molecule has 0 saturated heterocycles. The Kier molecular flexibility index (Phi) is 6.17. The molecule has 172 valence electrons. The molecular formula is C27H19FN4O2S. The number of nitrogens with zero attached hydrogens (tertiary/aromatic N) is 3. The Balaban J connectivity index is 1.54. The van der Waals surface area contributed by atoms with E-state index in [2.05, 4.69) is 10.4 Å². The van der Waals surface area contributed by atoms with Gasteiger partial charge < -0.3 is 5.32 Å². The Morgan fingerprint density at radius 3 is 2.63 bits per heavy atom. The summed E-state index contributed by atoms with van der Waals surface area (Å²) in [5.41, 5.74) is 3.49. The van der Waals surface area contributed by atoms with Crippen molar-refractivity contribution < 1.29 is 14.0 Å². The van der Waals surface area contributed by atoms with Gasteiger partial charge in [0.2, 0.25) is 11.7 Å². The third-order valence-corrected chi connectivity index (χ3v) is 6.85. The number of Topliss-reactive ketones (excluding diaryl/α,β-unsaturated/α-hetero) is 1. The highest BCUT2D eigenvalue weighted by molar-refractivity contribution is 7.98. The molecule has 1 unspecified atom stereocenters. The quantitative estimate of drug-likeness (QED) is 0.311. The number of hydrogen-bond acceptors (Lipinski definition) is 5. The van der Waals surface area contributed by atoms with E-state index in [1.807, 2.05) is 60.7 Å². The lowest BCUT2D eigenvalue weighted by Crippen LogP contribution is -2.34. The van der Waals surface area contributed by atoms with Gasteiger partial charge in [0.15, 0.2) is 5.92 Å². The lowest BCUT2D eigenvalue weighted by Gasteiger charge is -2.18. The van der Waals surface area contributed by atoms with Crippen LogP contribution in [0.15, 0.2) is 83.8 Å². The molecular weight excluding hydrogens is 463 g/mol. The number of hydrogen-bond donors (Lipinski definition) is 1. The molecule has 0 radical (unpaired) electrons. The van der Waals surface area contributed by atoms with Crippen molar-refractivity contribution in [2.75, 3.05) is 0 Å². The van der Waals surface area contributed by atoms with E-state index in [1.165, 1.54) is 16.8 Å². The van der Waals surface area contributed by atoms with E-state index in [0.717, 1.165) is 16.0 Å². The molecule has 0 saturated carbocycles. The molecule has 1 aromatic heterocycles. The lowest BCUT2D eigenvalue weighted by molar-refractivity contribution is -0.122. The molecule has 2 heterocycles. The number of nitrogens with one attached hydrogen (secondary N) is 1. The fourth-order valence-corrected chi connectivity index (χ4v) is 5.12. The molecule has 8 heteroatoms. The molecule has 1 aliphatic rings. The maximum atomic E-state index is 14.1. The molecule has 0 bridgehead atoms. The topological polar surface area (TPSA) is 87.8 Å². The van der Waals surface area contributed by atoms with Crippen LogP contribution in [0, 0.1) is 23.1 Å². The Morgan fingerprint density at radius 2 is 1.86 bits per heavy atom. The van der Waals surface area contributed by atoms with Gasteiger partial charge in [-0.1, -0.05) is 54.6 Å². The van der Waals surface area contributed by atoms with Crippen molar-refractivity contribution in [3.63, 3.8) is 0 Å². The molecule has 0 spiro atoms. The first kappa shape index (κ1) is 22.6. The van der Waals surface area contributed by atoms with E-state index in [9.17, 15) is 19.2 Å². The van der Waals surface area contributed by atoms with Crippen molar-refractivity contribution >= 4 is 23.5 Å². The first-order valence-electron chi connectivity index (χ1n) is 10.9. The smallest absolute Gasteiger partial charge is 0.245 e. The average Bonchev–Trinajstić information content (AvgIpc) is 3.29. The van der Waals surface area contributed by atoms with E-state index >= 15 is 0 Å². The molecule has 35 heavy (non-hydrogen) atoms. The number of fused-ring (bicyclic) bond motifs is 3. The normalized spacial score (nSPS) is 12.7. The lowest BCUT2D eigenvalue weighted by atomic mass is 9.97. The van der Waals surface area contributed by atoms with Crippen LogP contribution in [0.25, 0.3) is 16.9 Å². The third kappa shape index (κ3) is 4.34. The number of aromatic nitrogens is 2. The van der Waals surface area contributed by atoms with Gasteiger partial charge in [0.05, 0.1) is 17.5 Å². The highest BCUT2D eigenvalue weighted by Gasteiger charge is 2.35. The Bertz CT molecular complexity index is 1480. The summed E-state index contributed by atoms with van der Waals surface area (Å²) in [4.78, 5) is 27.3. The number of nitriles is 1. The number of rotatable bonds is 6. The number of benzene rings is 3. The highest BCUT2D eigenvalue weighted by atomic mass is 32.2. The second-order valence-corrected chi connectivity index (χ2v) is 9.00. The monoisotopic (exact) mass is 482 g/mol. The van der Waals surface area contributed by atoms with Crippen LogP contribution in [-0.4, -0.2) is 21.5 Å². The Morgan fingerprint density at radius 1 is 1.09 bits per heavy atom. The minimum atomic E-state index is -1.55. The zero-order chi connectivity index (χ0) is 24.4. The standard InChI is InChI=1S/C27H19FN4O2S/c28-18-9-6-10-19(13-18)32-25-20-11-4-5-12-23(20)35-16-22(25)24(31-32)26(33)21(14-29)27(34)30-15-17-7-2-1-3-8-17/h1-13,21H,15-16H2,(H,30,34). The van der Waals surface area contributed by atoms with Crippen molar-refractivity contribution in [2.45, 2.75) is 17.2 Å². The van der Waals surface area contributed by atoms with Crippen molar-refractivity contribution in [3.05, 3.63) is 102 Å². The maximum Gasteiger partial charge on any atom is 0.245 e. The summed E-state index contributed by atoms with van der Waals surface area (Å²) in [6.45, 7) is 0.199. The van der Waals surface area contributed by atoms with Gasteiger partial charge in [-0.15, -0.1) is 11.8 Å². The van der Waals surface area contributed by atoms with Crippen LogP contribution >= 0.6 is 11.8 Å². The summed E-state index contributed by atoms with van der Waals surface area (Å²) in [7, 11) is 0. The van der Waals surface area contributed by atoms with Crippen LogP contribution in [0.1, 0.15) is 21.6 Å². The molecule has 5 rings (SSSR count). The summed E-state index contributed by atoms with van der Waals surface area (Å²) in [6, 6.07) is 24.7. The van der Waals surface area contributed by atoms with Crippen LogP contribution in [-0.2, 0) is 17.1 Å². The number of carbonyl (C=O) groups excluding carboxylic acids is 2. The molecule has 1 atom stereocenters. The second-order valence-electron chi connectivity index (χ2n) is 7.98. The van der Waals surface area contributed by atoms with Crippen molar-refractivity contribution in [3.8, 4) is 23.0 Å². The molecule has 1 aliphatic heterocycles. The zero-order valence-electron chi connectivity index (χ0n) is 18.4. The van der Waals surface area contributed by atoms with E-state index in [-0.39, 0.29) is 12.2 Å². The van der Waals surface area contributed by atoms with Gasteiger partial charge in [0.1, 0.15) is 11.5 Å². The highest BCUT2D eigenvalue weighted by Crippen LogP contribution is 2.44. The van der Waals surface area contributed by atoms with Gasteiger partial charge in [-0.25, -0.2) is 9.07 Å². The van der Waals surface area contributed by atoms with Gasteiger partial charge in [-0.3, -0.25) is 9.59 Å². The number of thioether (sulfide) groups is 1. The van der Waals surface area contributed by atoms with Gasteiger partial charge in [-0.05, 0) is 29.8 Å². The van der Waals surface area contributed by atoms with Gasteiger partial charge in [-0.2, -0.15) is 10.4 Å². The molecule has 0 fully saturated rings. The summed E-state index contributed by atoms with van der Waals surface area (Å²) < 4.78 is 15.6. The molecule has 1 amide bonds. The number of ketones is 1. The molecule has 6 nitrogen and oxygen atoms in total. The molecule has 0 aliphatic carbocycles. The van der Waals surface area contributed by atoms with E-state index in [4.69, 9.17) is 0 Å². The molecule has 1 N–H and O–H groups in total. The van der Waals surface area contributed by atoms with Crippen LogP contribution in [0.3, 0.4) is 0 Å². The van der Waals surface area contributed by atoms with E-state index < -0.39 is 23.4 Å². The van der Waals surface area contributed by atoms with Crippen molar-refractivity contribution in [2.24, 2.45) is 5.92 Å². The van der Waals surface area contributed by atoms with Gasteiger partial charge in [0, 0.05) is 28.3 Å². The van der Waals surface area contributed by atoms with Crippen LogP contribution in [0.4, 0.5) is 4.39 Å². The minimum absolute atomic E-state index is 0.0488. The third-order valence-electron chi connectivity index (χ3n) is 5.75. The van der Waals surface area contributed by atoms with Gasteiger partial charge >= 0.3 is 0 Å². The van der Waals surface area contributed by atoms with Crippen LogP contribution in [0.2, 0.25) is 0 Å². The van der Waals surface area contributed by atoms with Crippen LogP contribution < -0.4 is 5.32 Å². The summed E-state index contributed by atoms with van der Waals surface area (Å²) in [5, 5.41) is 16.9. The Hall–Kier alpha value is -4.22. The zero-order valence-corrected chi connectivity index (χ0v) is 19.3. The predicted octanol–water partition coefficient (Wildman–Crippen LogP) is 4.92. The van der Waals surface area contributed by atoms with Gasteiger partial charge in [0.25, 0.3) is 0 Å². The predicted molar refractivity (Wildman–Crippen MR) is 130 cm³/mol. The minimum Gasteiger partial charge on any atom is -0.350 e. The SMILES string of the molecule is N#CC(C(=O)NCc1ccccc1)C(=O)c1nn(-c2cccc(F)c2)c2c1CSc1ccccc1-2. The Labute approximate surface area is 205 Å². The molecule has 4 aromatic rings. The fraction of sp³-hybridized carbons (Fsp3) is 0.111. The van der Waals surface area contributed by atoms with E-state index in [0.29, 0.717) is 22.7 Å². The summed E-state index contributed by atoms with van der Waals surface area (Å²) >= 11 is 1.55. The number of amides is 1. The first-order valence-corrected chi connectivity index (χ1v) is 11.9. The maximum absolute atomic E-state index is 14.1. The van der Waals surface area contributed by atoms with Crippen molar-refractivity contribution in [1.29, 1.82) is 5.26 Å². The number of halogens is 1. The fourth-order valence-electron chi connectivity index (χ4n) is 4.05. The summed E-state index contributed by atoms with van der Waals surface area (Å²) in [5.74, 6) is -2.91. The number of carbonyl (C=O) groups is 2. The summed E-state index contributed by atoms with van der Waals surface area (Å²) in [6.07, 6.45) is 0.